The summed E-state index contributed by atoms with van der Waals surface area (Å²) in [5.74, 6) is 0.647. The first-order valence-electron chi connectivity index (χ1n) is 7.41. The second-order valence-corrected chi connectivity index (χ2v) is 7.98. The Labute approximate surface area is 146 Å². The van der Waals surface area contributed by atoms with Gasteiger partial charge in [0.25, 0.3) is 0 Å². The van der Waals surface area contributed by atoms with Crippen LogP contribution >= 0.6 is 35.3 Å². The number of rotatable bonds is 4. The van der Waals surface area contributed by atoms with Gasteiger partial charge in [0.05, 0.1) is 5.75 Å². The highest BCUT2D eigenvalue weighted by atomic mass is 32.2. The van der Waals surface area contributed by atoms with E-state index in [1.807, 2.05) is 23.9 Å². The zero-order valence-electron chi connectivity index (χ0n) is 13.2. The van der Waals surface area contributed by atoms with Gasteiger partial charge < -0.3 is 9.80 Å². The number of thioether (sulfide) groups is 1. The van der Waals surface area contributed by atoms with Crippen LogP contribution in [-0.2, 0) is 11.3 Å². The average molecular weight is 358 g/mol. The molecule has 0 unspecified atom stereocenters. The molecule has 0 spiro atoms. The number of hydrogen-bond donors (Lipinski definition) is 0. The van der Waals surface area contributed by atoms with Crippen LogP contribution in [0.15, 0.2) is 16.8 Å². The largest absolute Gasteiger partial charge is 0.364 e. The first-order valence-corrected chi connectivity index (χ1v) is 9.75. The highest BCUT2D eigenvalue weighted by Gasteiger charge is 2.19. The van der Waals surface area contributed by atoms with Gasteiger partial charge in [-0.3, -0.25) is 9.69 Å². The number of hydrogen-bond acceptors (Lipinski definition) is 5. The third-order valence-electron chi connectivity index (χ3n) is 3.61. The number of carbonyl (C=O) groups excluding carboxylic acids is 1. The Balaban J connectivity index is 1.77. The summed E-state index contributed by atoms with van der Waals surface area (Å²) in [6, 6.07) is 2.18. The van der Waals surface area contributed by atoms with E-state index in [9.17, 15) is 4.79 Å². The van der Waals surface area contributed by atoms with Crippen LogP contribution in [0.3, 0.4) is 0 Å². The van der Waals surface area contributed by atoms with Crippen molar-refractivity contribution in [2.24, 2.45) is 0 Å². The molecule has 7 heteroatoms. The lowest BCUT2D eigenvalue weighted by Gasteiger charge is -2.22. The second kappa shape index (κ2) is 8.86. The summed E-state index contributed by atoms with van der Waals surface area (Å²) in [5, 5.41) is 4.32. The van der Waals surface area contributed by atoms with Gasteiger partial charge in [-0.15, -0.1) is 0 Å². The number of carbonyl (C=O) groups is 1. The predicted octanol–water partition coefficient (Wildman–Crippen LogP) is 2.36. The van der Waals surface area contributed by atoms with E-state index >= 15 is 0 Å². The van der Waals surface area contributed by atoms with Gasteiger partial charge >= 0.3 is 0 Å². The lowest BCUT2D eigenvalue weighted by atomic mass is 10.3. The third-order valence-corrected chi connectivity index (χ3v) is 6.07. The normalized spacial score (nSPS) is 16.4. The molecule has 0 N–H and O–H groups in total. The number of thiocarbonyl (C=S) groups is 1. The molecule has 22 heavy (non-hydrogen) atoms. The number of thiophene rings is 1. The number of nitrogens with zero attached hydrogens (tertiary/aromatic N) is 3. The van der Waals surface area contributed by atoms with E-state index in [-0.39, 0.29) is 5.91 Å². The maximum Gasteiger partial charge on any atom is 0.233 e. The molecule has 1 saturated heterocycles. The highest BCUT2D eigenvalue weighted by Crippen LogP contribution is 2.13. The maximum absolute atomic E-state index is 12.3. The summed E-state index contributed by atoms with van der Waals surface area (Å²) < 4.78 is 0.766. The van der Waals surface area contributed by atoms with Crippen molar-refractivity contribution in [1.29, 1.82) is 0 Å². The van der Waals surface area contributed by atoms with Crippen molar-refractivity contribution in [2.75, 3.05) is 46.0 Å². The molecular formula is C15H23N3OS3. The average Bonchev–Trinajstić information content (AvgIpc) is 2.89. The standard InChI is InChI=1S/C15H23N3OS3/c1-16(2)15(20)22-12-14(19)18-6-3-5-17(7-8-18)10-13-4-9-21-11-13/h4,9,11H,3,5-8,10,12H2,1-2H3. The lowest BCUT2D eigenvalue weighted by Crippen LogP contribution is -2.36. The molecule has 1 aliphatic rings. The van der Waals surface area contributed by atoms with Crippen LogP contribution in [-0.4, -0.2) is 71.0 Å². The van der Waals surface area contributed by atoms with Gasteiger partial charge in [-0.2, -0.15) is 11.3 Å². The first kappa shape index (κ1) is 17.7. The molecule has 1 aromatic rings. The van der Waals surface area contributed by atoms with Crippen LogP contribution in [0.1, 0.15) is 12.0 Å². The van der Waals surface area contributed by atoms with Crippen LogP contribution in [0, 0.1) is 0 Å². The van der Waals surface area contributed by atoms with Crippen LogP contribution < -0.4 is 0 Å². The molecule has 1 fully saturated rings. The summed E-state index contributed by atoms with van der Waals surface area (Å²) in [7, 11) is 3.82. The monoisotopic (exact) mass is 357 g/mol. The predicted molar refractivity (Wildman–Crippen MR) is 99.5 cm³/mol. The van der Waals surface area contributed by atoms with Gasteiger partial charge in [0.1, 0.15) is 4.32 Å². The van der Waals surface area contributed by atoms with E-state index in [2.05, 4.69) is 21.7 Å². The molecule has 0 aliphatic carbocycles. The van der Waals surface area contributed by atoms with E-state index in [0.29, 0.717) is 5.75 Å². The zero-order valence-corrected chi connectivity index (χ0v) is 15.6. The van der Waals surface area contributed by atoms with Crippen molar-refractivity contribution in [3.8, 4) is 0 Å². The van der Waals surface area contributed by atoms with Crippen LogP contribution in [0.5, 0.6) is 0 Å². The molecule has 1 aliphatic heterocycles. The van der Waals surface area contributed by atoms with Gasteiger partial charge in [-0.05, 0) is 28.8 Å². The molecule has 0 aromatic carbocycles. The van der Waals surface area contributed by atoms with Gasteiger partial charge in [-0.1, -0.05) is 24.0 Å². The first-order chi connectivity index (χ1) is 10.6. The minimum atomic E-state index is 0.201. The molecule has 122 valence electrons. The Kier molecular flexibility index (Phi) is 7.14. The smallest absolute Gasteiger partial charge is 0.233 e. The Hall–Kier alpha value is -0.630. The van der Waals surface area contributed by atoms with Crippen LogP contribution in [0.4, 0.5) is 0 Å². The van der Waals surface area contributed by atoms with Crippen molar-refractivity contribution in [3.05, 3.63) is 22.4 Å². The second-order valence-electron chi connectivity index (χ2n) is 5.59. The molecule has 2 rings (SSSR count). The van der Waals surface area contributed by atoms with Gasteiger partial charge in [0.15, 0.2) is 0 Å². The molecule has 2 heterocycles. The van der Waals surface area contributed by atoms with E-state index in [1.165, 1.54) is 17.3 Å². The van der Waals surface area contributed by atoms with Crippen molar-refractivity contribution in [3.63, 3.8) is 0 Å². The minimum Gasteiger partial charge on any atom is -0.364 e. The molecule has 1 aromatic heterocycles. The van der Waals surface area contributed by atoms with Crippen molar-refractivity contribution >= 4 is 45.5 Å². The molecule has 0 saturated carbocycles. The van der Waals surface area contributed by atoms with Crippen molar-refractivity contribution in [2.45, 2.75) is 13.0 Å². The fraction of sp³-hybridized carbons (Fsp3) is 0.600. The highest BCUT2D eigenvalue weighted by molar-refractivity contribution is 8.23. The van der Waals surface area contributed by atoms with E-state index in [0.717, 1.165) is 43.5 Å². The van der Waals surface area contributed by atoms with Gasteiger partial charge in [-0.25, -0.2) is 0 Å². The Morgan fingerprint density at radius 1 is 1.36 bits per heavy atom. The third kappa shape index (κ3) is 5.53. The Morgan fingerprint density at radius 3 is 2.86 bits per heavy atom. The van der Waals surface area contributed by atoms with Crippen molar-refractivity contribution in [1.82, 2.24) is 14.7 Å². The van der Waals surface area contributed by atoms with Gasteiger partial charge in [0.2, 0.25) is 5.91 Å². The molecule has 0 radical (unpaired) electrons. The number of amides is 1. The summed E-state index contributed by atoms with van der Waals surface area (Å²) in [6.07, 6.45) is 1.04. The van der Waals surface area contributed by atoms with E-state index in [1.54, 1.807) is 11.3 Å². The fourth-order valence-corrected chi connectivity index (χ4v) is 3.89. The summed E-state index contributed by atoms with van der Waals surface area (Å²) in [4.78, 5) is 18.6. The Morgan fingerprint density at radius 2 is 2.18 bits per heavy atom. The fourth-order valence-electron chi connectivity index (χ4n) is 2.36. The van der Waals surface area contributed by atoms with Crippen LogP contribution in [0.2, 0.25) is 0 Å². The topological polar surface area (TPSA) is 26.8 Å². The van der Waals surface area contributed by atoms with Gasteiger partial charge in [0, 0.05) is 46.8 Å². The van der Waals surface area contributed by atoms with Crippen molar-refractivity contribution < 1.29 is 4.79 Å². The summed E-state index contributed by atoms with van der Waals surface area (Å²) in [5.41, 5.74) is 1.37. The van der Waals surface area contributed by atoms with E-state index < -0.39 is 0 Å². The summed E-state index contributed by atoms with van der Waals surface area (Å²) in [6.45, 7) is 4.67. The molecule has 4 nitrogen and oxygen atoms in total. The zero-order chi connectivity index (χ0) is 15.9. The Bertz CT molecular complexity index is 490. The minimum absolute atomic E-state index is 0.201. The molecule has 0 atom stereocenters. The molecular weight excluding hydrogens is 334 g/mol. The quantitative estimate of drug-likeness (QED) is 0.771. The van der Waals surface area contributed by atoms with Crippen LogP contribution in [0.25, 0.3) is 0 Å². The maximum atomic E-state index is 12.3. The SMILES string of the molecule is CN(C)C(=S)SCC(=O)N1CCCN(Cc2ccsc2)CC1. The summed E-state index contributed by atoms with van der Waals surface area (Å²) >= 11 is 8.41. The lowest BCUT2D eigenvalue weighted by molar-refractivity contribution is -0.128. The molecule has 0 bridgehead atoms. The van der Waals surface area contributed by atoms with E-state index in [4.69, 9.17) is 12.2 Å². The molecule has 1 amide bonds.